The Hall–Kier alpha value is -1.64. The van der Waals surface area contributed by atoms with E-state index in [2.05, 4.69) is 23.3 Å². The first-order valence-corrected chi connectivity index (χ1v) is 3.05. The van der Waals surface area contributed by atoms with Crippen molar-refractivity contribution in [3.63, 3.8) is 0 Å². The van der Waals surface area contributed by atoms with Gasteiger partial charge in [-0.3, -0.25) is 9.98 Å². The van der Waals surface area contributed by atoms with E-state index >= 15 is 0 Å². The van der Waals surface area contributed by atoms with Gasteiger partial charge in [-0.25, -0.2) is 0 Å². The smallest absolute Gasteiger partial charge is 0.136 e. The molecule has 0 radical (unpaired) electrons. The largest absolute Gasteiger partial charge is 0.506 e. The number of aromatic nitrogens is 1. The van der Waals surface area contributed by atoms with Crippen molar-refractivity contribution in [1.82, 2.24) is 4.98 Å². The van der Waals surface area contributed by atoms with Crippen molar-refractivity contribution in [3.05, 3.63) is 30.6 Å². The lowest BCUT2D eigenvalue weighted by molar-refractivity contribution is 0.511. The van der Waals surface area contributed by atoms with Crippen molar-refractivity contribution >= 4 is 18.2 Å². The SMILES string of the molecule is C=Nc1cccnc1C(=C)O. The number of aliphatic imine (C=N–C) groups is 1. The molecule has 0 amide bonds. The van der Waals surface area contributed by atoms with Gasteiger partial charge in [-0.15, -0.1) is 0 Å². The molecule has 1 aromatic heterocycles. The molecule has 0 fully saturated rings. The molecule has 0 saturated heterocycles. The van der Waals surface area contributed by atoms with E-state index in [4.69, 9.17) is 5.11 Å². The number of hydrogen-bond acceptors (Lipinski definition) is 3. The van der Waals surface area contributed by atoms with Gasteiger partial charge >= 0.3 is 0 Å². The Morgan fingerprint density at radius 3 is 2.82 bits per heavy atom. The minimum Gasteiger partial charge on any atom is -0.506 e. The maximum absolute atomic E-state index is 8.99. The summed E-state index contributed by atoms with van der Waals surface area (Å²) in [6, 6.07) is 3.42. The molecule has 1 heterocycles. The number of rotatable bonds is 2. The fraction of sp³-hybridized carbons (Fsp3) is 0. The summed E-state index contributed by atoms with van der Waals surface area (Å²) in [6.07, 6.45) is 1.56. The molecule has 1 N–H and O–H groups in total. The Kier molecular flexibility index (Phi) is 2.01. The van der Waals surface area contributed by atoms with Gasteiger partial charge in [0.2, 0.25) is 0 Å². The van der Waals surface area contributed by atoms with E-state index in [1.165, 1.54) is 0 Å². The first-order chi connectivity index (χ1) is 5.25. The van der Waals surface area contributed by atoms with Crippen molar-refractivity contribution in [2.45, 2.75) is 0 Å². The van der Waals surface area contributed by atoms with E-state index in [9.17, 15) is 0 Å². The Morgan fingerprint density at radius 1 is 1.64 bits per heavy atom. The zero-order chi connectivity index (χ0) is 8.27. The van der Waals surface area contributed by atoms with Crippen LogP contribution < -0.4 is 0 Å². The van der Waals surface area contributed by atoms with E-state index < -0.39 is 0 Å². The van der Waals surface area contributed by atoms with E-state index in [1.54, 1.807) is 18.3 Å². The summed E-state index contributed by atoms with van der Waals surface area (Å²) in [4.78, 5) is 7.52. The number of hydrogen-bond donors (Lipinski definition) is 1. The highest BCUT2D eigenvalue weighted by molar-refractivity contribution is 5.66. The number of aliphatic hydroxyl groups excluding tert-OH is 1. The Morgan fingerprint density at radius 2 is 2.36 bits per heavy atom. The van der Waals surface area contributed by atoms with Crippen molar-refractivity contribution in [2.75, 3.05) is 0 Å². The summed E-state index contributed by atoms with van der Waals surface area (Å²) in [7, 11) is 0. The monoisotopic (exact) mass is 148 g/mol. The summed E-state index contributed by atoms with van der Waals surface area (Å²) < 4.78 is 0. The van der Waals surface area contributed by atoms with Gasteiger partial charge in [0.05, 0.1) is 5.69 Å². The molecule has 0 aliphatic rings. The predicted molar refractivity (Wildman–Crippen MR) is 45.1 cm³/mol. The van der Waals surface area contributed by atoms with Crippen LogP contribution in [0.4, 0.5) is 5.69 Å². The van der Waals surface area contributed by atoms with Crippen LogP contribution in [0.15, 0.2) is 29.9 Å². The lowest BCUT2D eigenvalue weighted by Crippen LogP contribution is -1.85. The van der Waals surface area contributed by atoms with Gasteiger partial charge in [-0.1, -0.05) is 6.58 Å². The molecule has 0 aromatic carbocycles. The molecule has 1 aromatic rings. The lowest BCUT2D eigenvalue weighted by atomic mass is 10.3. The third kappa shape index (κ3) is 1.43. The van der Waals surface area contributed by atoms with Crippen LogP contribution in [0.1, 0.15) is 5.69 Å². The second-order valence-electron chi connectivity index (χ2n) is 1.98. The maximum Gasteiger partial charge on any atom is 0.136 e. The molecule has 0 atom stereocenters. The van der Waals surface area contributed by atoms with Crippen LogP contribution in [0.3, 0.4) is 0 Å². The molecular formula is C8H8N2O. The normalized spacial score (nSPS) is 9.09. The second kappa shape index (κ2) is 2.96. The standard InChI is InChI=1S/C8H8N2O/c1-6(11)8-7(9-2)4-3-5-10-8/h3-5,11H,1-2H2. The number of aliphatic hydroxyl groups is 1. The summed E-state index contributed by atoms with van der Waals surface area (Å²) in [5.74, 6) is -0.0898. The molecular weight excluding hydrogens is 140 g/mol. The number of pyridine rings is 1. The summed E-state index contributed by atoms with van der Waals surface area (Å²) in [5, 5.41) is 8.99. The Balaban J connectivity index is 3.22. The van der Waals surface area contributed by atoms with Crippen molar-refractivity contribution in [3.8, 4) is 0 Å². The van der Waals surface area contributed by atoms with Gasteiger partial charge in [-0.2, -0.15) is 0 Å². The fourth-order valence-electron chi connectivity index (χ4n) is 0.747. The highest BCUT2D eigenvalue weighted by Gasteiger charge is 2.02. The van der Waals surface area contributed by atoms with E-state index in [1.807, 2.05) is 0 Å². The summed E-state index contributed by atoms with van der Waals surface area (Å²) >= 11 is 0. The minimum atomic E-state index is -0.0898. The molecule has 11 heavy (non-hydrogen) atoms. The first-order valence-electron chi connectivity index (χ1n) is 3.05. The average Bonchev–Trinajstić information content (AvgIpc) is 2.04. The highest BCUT2D eigenvalue weighted by atomic mass is 16.3. The zero-order valence-corrected chi connectivity index (χ0v) is 5.99. The van der Waals surface area contributed by atoms with Crippen LogP contribution >= 0.6 is 0 Å². The van der Waals surface area contributed by atoms with Crippen LogP contribution in [0.5, 0.6) is 0 Å². The van der Waals surface area contributed by atoms with Crippen molar-refractivity contribution < 1.29 is 5.11 Å². The number of nitrogens with zero attached hydrogens (tertiary/aromatic N) is 2. The Labute approximate surface area is 64.7 Å². The molecule has 0 aliphatic carbocycles. The van der Waals surface area contributed by atoms with Crippen LogP contribution in [-0.4, -0.2) is 16.8 Å². The third-order valence-electron chi connectivity index (χ3n) is 1.23. The van der Waals surface area contributed by atoms with Crippen molar-refractivity contribution in [1.29, 1.82) is 0 Å². The molecule has 56 valence electrons. The minimum absolute atomic E-state index is 0.0898. The molecule has 0 unspecified atom stereocenters. The van der Waals surface area contributed by atoms with E-state index in [-0.39, 0.29) is 5.76 Å². The van der Waals surface area contributed by atoms with E-state index in [0.717, 1.165) is 0 Å². The average molecular weight is 148 g/mol. The Bertz CT molecular complexity index is 294. The maximum atomic E-state index is 8.99. The van der Waals surface area contributed by atoms with Gasteiger partial charge in [0.25, 0.3) is 0 Å². The van der Waals surface area contributed by atoms with Gasteiger partial charge in [0.15, 0.2) is 0 Å². The first kappa shape index (κ1) is 7.47. The quantitative estimate of drug-likeness (QED) is 0.514. The zero-order valence-electron chi connectivity index (χ0n) is 5.99. The fourth-order valence-corrected chi connectivity index (χ4v) is 0.747. The third-order valence-corrected chi connectivity index (χ3v) is 1.23. The summed E-state index contributed by atoms with van der Waals surface area (Å²) in [6.45, 7) is 6.67. The lowest BCUT2D eigenvalue weighted by Gasteiger charge is -1.99. The van der Waals surface area contributed by atoms with Gasteiger partial charge in [0, 0.05) is 6.20 Å². The highest BCUT2D eigenvalue weighted by Crippen LogP contribution is 2.19. The molecule has 3 nitrogen and oxygen atoms in total. The topological polar surface area (TPSA) is 45.5 Å². The molecule has 0 bridgehead atoms. The van der Waals surface area contributed by atoms with Crippen LogP contribution in [-0.2, 0) is 0 Å². The van der Waals surface area contributed by atoms with Crippen LogP contribution in [0.25, 0.3) is 5.76 Å². The van der Waals surface area contributed by atoms with E-state index in [0.29, 0.717) is 11.4 Å². The molecule has 0 aliphatic heterocycles. The molecule has 1 rings (SSSR count). The van der Waals surface area contributed by atoms with Gasteiger partial charge in [-0.05, 0) is 18.9 Å². The van der Waals surface area contributed by atoms with Crippen molar-refractivity contribution in [2.24, 2.45) is 4.99 Å². The molecule has 0 spiro atoms. The van der Waals surface area contributed by atoms with Gasteiger partial charge in [0.1, 0.15) is 11.5 Å². The second-order valence-corrected chi connectivity index (χ2v) is 1.98. The summed E-state index contributed by atoms with van der Waals surface area (Å²) in [5.41, 5.74) is 0.919. The molecule has 3 heteroatoms. The molecule has 0 saturated carbocycles. The predicted octanol–water partition coefficient (Wildman–Crippen LogP) is 1.94. The van der Waals surface area contributed by atoms with Crippen LogP contribution in [0, 0.1) is 0 Å². The van der Waals surface area contributed by atoms with Gasteiger partial charge < -0.3 is 5.11 Å². The van der Waals surface area contributed by atoms with Crippen LogP contribution in [0.2, 0.25) is 0 Å².